The monoisotopic (exact) mass is 430 g/mol. The summed E-state index contributed by atoms with van der Waals surface area (Å²) >= 11 is 0. The molecule has 0 fully saturated rings. The third-order valence-corrected chi connectivity index (χ3v) is 5.10. The lowest BCUT2D eigenvalue weighted by Crippen LogP contribution is -2.23. The molecule has 0 atom stereocenters. The summed E-state index contributed by atoms with van der Waals surface area (Å²) in [5, 5.41) is 17.5. The first-order chi connectivity index (χ1) is 15.6. The quantitative estimate of drug-likeness (QED) is 0.389. The van der Waals surface area contributed by atoms with Crippen molar-refractivity contribution in [3.8, 4) is 22.6 Å². The number of nitrogens with zero attached hydrogens (tertiary/aromatic N) is 3. The molecule has 5 rings (SSSR count). The Kier molecular flexibility index (Phi) is 4.91. The summed E-state index contributed by atoms with van der Waals surface area (Å²) in [7, 11) is 0. The summed E-state index contributed by atoms with van der Waals surface area (Å²) in [5.41, 5.74) is 3.36. The van der Waals surface area contributed by atoms with Crippen molar-refractivity contribution in [2.75, 3.05) is 0 Å². The summed E-state index contributed by atoms with van der Waals surface area (Å²) in [6, 6.07) is 15.6. The number of halogens is 2. The van der Waals surface area contributed by atoms with Crippen LogP contribution in [0.3, 0.4) is 0 Å². The number of nitrogens with one attached hydrogen (secondary N) is 3. The third-order valence-electron chi connectivity index (χ3n) is 5.10. The van der Waals surface area contributed by atoms with Crippen LogP contribution in [-0.4, -0.2) is 31.3 Å². The molecule has 0 saturated carbocycles. The fraction of sp³-hybridized carbons (Fsp3) is 0.0435. The van der Waals surface area contributed by atoms with E-state index in [0.717, 1.165) is 16.5 Å². The zero-order valence-electron chi connectivity index (χ0n) is 16.6. The highest BCUT2D eigenvalue weighted by Crippen LogP contribution is 2.30. The predicted molar refractivity (Wildman–Crippen MR) is 114 cm³/mol. The van der Waals surface area contributed by atoms with E-state index in [1.54, 1.807) is 18.2 Å². The highest BCUT2D eigenvalue weighted by Gasteiger charge is 2.16. The van der Waals surface area contributed by atoms with Gasteiger partial charge in [-0.1, -0.05) is 12.1 Å². The topological polar surface area (TPSA) is 99.3 Å². The molecule has 158 valence electrons. The molecule has 0 bridgehead atoms. The molecule has 0 unspecified atom stereocenters. The van der Waals surface area contributed by atoms with Crippen molar-refractivity contribution in [1.82, 2.24) is 30.7 Å². The van der Waals surface area contributed by atoms with E-state index < -0.39 is 11.7 Å². The van der Waals surface area contributed by atoms with Crippen LogP contribution in [-0.2, 0) is 6.54 Å². The van der Waals surface area contributed by atoms with Gasteiger partial charge in [-0.05, 0) is 54.1 Å². The van der Waals surface area contributed by atoms with E-state index in [9.17, 15) is 13.6 Å². The number of hydrogen-bond acceptors (Lipinski definition) is 4. The standard InChI is InChI=1S/C23H16F2N6O/c24-16-5-1-13(2-6-16)11-26-23(32)17-9-14(3-7-19(17)25)21-18-10-15(22-27-12-28-31-22)4-8-20(18)29-30-21/h1-10,12H,11H2,(H,26,32)(H,29,30)(H,27,28,31). The number of aromatic nitrogens is 5. The first-order valence-electron chi connectivity index (χ1n) is 9.75. The largest absolute Gasteiger partial charge is 0.348 e. The van der Waals surface area contributed by atoms with Gasteiger partial charge in [0.05, 0.1) is 16.8 Å². The van der Waals surface area contributed by atoms with Crippen LogP contribution >= 0.6 is 0 Å². The van der Waals surface area contributed by atoms with Gasteiger partial charge in [-0.2, -0.15) is 10.2 Å². The Bertz CT molecular complexity index is 1410. The number of hydrogen-bond donors (Lipinski definition) is 3. The number of fused-ring (bicyclic) bond motifs is 1. The summed E-state index contributed by atoms with van der Waals surface area (Å²) in [4.78, 5) is 16.8. The number of benzene rings is 3. The Morgan fingerprint density at radius 3 is 2.53 bits per heavy atom. The van der Waals surface area contributed by atoms with Gasteiger partial charge < -0.3 is 5.32 Å². The second-order valence-electron chi connectivity index (χ2n) is 7.17. The maximum absolute atomic E-state index is 14.4. The van der Waals surface area contributed by atoms with Crippen LogP contribution in [0.1, 0.15) is 15.9 Å². The van der Waals surface area contributed by atoms with Crippen molar-refractivity contribution in [3.63, 3.8) is 0 Å². The number of amides is 1. The summed E-state index contributed by atoms with van der Waals surface area (Å²) in [6.07, 6.45) is 1.42. The number of aromatic amines is 2. The molecule has 0 aliphatic heterocycles. The molecule has 2 aromatic heterocycles. The van der Waals surface area contributed by atoms with Gasteiger partial charge in [0.2, 0.25) is 0 Å². The van der Waals surface area contributed by atoms with E-state index in [4.69, 9.17) is 0 Å². The Hall–Kier alpha value is -4.40. The fourth-order valence-electron chi connectivity index (χ4n) is 3.45. The van der Waals surface area contributed by atoms with E-state index in [-0.39, 0.29) is 17.9 Å². The van der Waals surface area contributed by atoms with Crippen LogP contribution in [0, 0.1) is 11.6 Å². The Balaban J connectivity index is 1.45. The zero-order valence-corrected chi connectivity index (χ0v) is 16.6. The van der Waals surface area contributed by atoms with Crippen LogP contribution < -0.4 is 5.32 Å². The number of H-pyrrole nitrogens is 2. The van der Waals surface area contributed by atoms with E-state index in [1.165, 1.54) is 30.6 Å². The highest BCUT2D eigenvalue weighted by molar-refractivity contribution is 5.99. The number of carbonyl (C=O) groups excluding carboxylic acids is 1. The van der Waals surface area contributed by atoms with Crippen molar-refractivity contribution < 1.29 is 13.6 Å². The smallest absolute Gasteiger partial charge is 0.254 e. The molecular formula is C23H16F2N6O. The lowest BCUT2D eigenvalue weighted by Gasteiger charge is -2.08. The van der Waals surface area contributed by atoms with Gasteiger partial charge in [0.15, 0.2) is 5.82 Å². The molecule has 0 spiro atoms. The minimum Gasteiger partial charge on any atom is -0.348 e. The maximum atomic E-state index is 14.4. The number of carbonyl (C=O) groups is 1. The molecule has 2 heterocycles. The Morgan fingerprint density at radius 1 is 0.938 bits per heavy atom. The van der Waals surface area contributed by atoms with Crippen LogP contribution in [0.2, 0.25) is 0 Å². The van der Waals surface area contributed by atoms with Crippen LogP contribution in [0.4, 0.5) is 8.78 Å². The van der Waals surface area contributed by atoms with Gasteiger partial charge in [-0.15, -0.1) is 0 Å². The first-order valence-corrected chi connectivity index (χ1v) is 9.75. The fourth-order valence-corrected chi connectivity index (χ4v) is 3.45. The summed E-state index contributed by atoms with van der Waals surface area (Å²) < 4.78 is 27.5. The Labute approximate surface area is 180 Å². The number of rotatable bonds is 5. The molecule has 32 heavy (non-hydrogen) atoms. The van der Waals surface area contributed by atoms with Crippen molar-refractivity contribution in [3.05, 3.63) is 89.8 Å². The van der Waals surface area contributed by atoms with Crippen molar-refractivity contribution >= 4 is 16.8 Å². The van der Waals surface area contributed by atoms with Crippen molar-refractivity contribution in [1.29, 1.82) is 0 Å². The SMILES string of the molecule is O=C(NCc1ccc(F)cc1)c1cc(-c2n[nH]c3ccc(-c4ncn[nH]4)cc23)ccc1F. The van der Waals surface area contributed by atoms with Gasteiger partial charge in [-0.3, -0.25) is 15.0 Å². The van der Waals surface area contributed by atoms with Gasteiger partial charge in [0.1, 0.15) is 18.0 Å². The molecule has 9 heteroatoms. The van der Waals surface area contributed by atoms with E-state index in [0.29, 0.717) is 22.6 Å². The summed E-state index contributed by atoms with van der Waals surface area (Å²) in [6.45, 7) is 0.147. The molecular weight excluding hydrogens is 414 g/mol. The average molecular weight is 430 g/mol. The molecule has 0 aliphatic rings. The minimum absolute atomic E-state index is 0.104. The van der Waals surface area contributed by atoms with Gasteiger partial charge in [-0.25, -0.2) is 13.8 Å². The minimum atomic E-state index is -0.646. The second-order valence-corrected chi connectivity index (χ2v) is 7.17. The lowest BCUT2D eigenvalue weighted by molar-refractivity contribution is 0.0947. The molecule has 0 aliphatic carbocycles. The van der Waals surface area contributed by atoms with E-state index >= 15 is 0 Å². The van der Waals surface area contributed by atoms with Crippen molar-refractivity contribution in [2.24, 2.45) is 0 Å². The first kappa shape index (κ1) is 19.6. The van der Waals surface area contributed by atoms with E-state index in [2.05, 4.69) is 30.7 Å². The van der Waals surface area contributed by atoms with Crippen molar-refractivity contribution in [2.45, 2.75) is 6.54 Å². The molecule has 1 amide bonds. The van der Waals surface area contributed by atoms with Gasteiger partial charge in [0.25, 0.3) is 5.91 Å². The average Bonchev–Trinajstić information content (AvgIpc) is 3.49. The zero-order chi connectivity index (χ0) is 22.1. The Morgan fingerprint density at radius 2 is 1.75 bits per heavy atom. The molecule has 3 aromatic carbocycles. The highest BCUT2D eigenvalue weighted by atomic mass is 19.1. The van der Waals surface area contributed by atoms with Crippen LogP contribution in [0.25, 0.3) is 33.5 Å². The van der Waals surface area contributed by atoms with Gasteiger partial charge in [0, 0.05) is 23.1 Å². The molecule has 3 N–H and O–H groups in total. The predicted octanol–water partition coefficient (Wildman–Crippen LogP) is 4.22. The second kappa shape index (κ2) is 8.03. The van der Waals surface area contributed by atoms with Crippen LogP contribution in [0.5, 0.6) is 0 Å². The molecule has 5 aromatic rings. The lowest BCUT2D eigenvalue weighted by atomic mass is 10.0. The normalized spacial score (nSPS) is 11.1. The van der Waals surface area contributed by atoms with Gasteiger partial charge >= 0.3 is 0 Å². The molecule has 0 saturated heterocycles. The summed E-state index contributed by atoms with van der Waals surface area (Å²) in [5.74, 6) is -0.973. The molecule has 7 nitrogen and oxygen atoms in total. The maximum Gasteiger partial charge on any atom is 0.254 e. The third kappa shape index (κ3) is 3.71. The van der Waals surface area contributed by atoms with E-state index in [1.807, 2.05) is 18.2 Å². The molecule has 0 radical (unpaired) electrons. The van der Waals surface area contributed by atoms with Crippen LogP contribution in [0.15, 0.2) is 67.0 Å².